The van der Waals surface area contributed by atoms with E-state index in [1.807, 2.05) is 13.0 Å². The van der Waals surface area contributed by atoms with E-state index in [1.54, 1.807) is 43.5 Å². The van der Waals surface area contributed by atoms with Gasteiger partial charge in [0.1, 0.15) is 0 Å². The summed E-state index contributed by atoms with van der Waals surface area (Å²) in [6, 6.07) is 10.2. The second-order valence-corrected chi connectivity index (χ2v) is 5.95. The quantitative estimate of drug-likeness (QED) is 0.691. The molecule has 2 aromatic rings. The zero-order valence-electron chi connectivity index (χ0n) is 15.3. The first-order valence-electron chi connectivity index (χ1n) is 8.30. The molecule has 0 aliphatic heterocycles. The summed E-state index contributed by atoms with van der Waals surface area (Å²) >= 11 is 6.10. The van der Waals surface area contributed by atoms with Crippen LogP contribution in [0.2, 0.25) is 5.02 Å². The fourth-order valence-corrected chi connectivity index (χ4v) is 2.48. The molecule has 0 saturated carbocycles. The lowest BCUT2D eigenvalue weighted by atomic mass is 10.2. The molecule has 0 aromatic heterocycles. The Kier molecular flexibility index (Phi) is 7.25. The third-order valence-corrected chi connectivity index (χ3v) is 3.79. The van der Waals surface area contributed by atoms with Crippen LogP contribution in [-0.4, -0.2) is 25.5 Å². The summed E-state index contributed by atoms with van der Waals surface area (Å²) in [5.74, 6) is 0.664. The summed E-state index contributed by atoms with van der Waals surface area (Å²) in [5.41, 5.74) is 1.73. The molecule has 2 rings (SSSR count). The number of hydrogen-bond donors (Lipinski definition) is 2. The number of carbonyl (C=O) groups excluding carboxylic acids is 2. The lowest BCUT2D eigenvalue weighted by Gasteiger charge is -2.10. The molecule has 0 bridgehead atoms. The predicted molar refractivity (Wildman–Crippen MR) is 108 cm³/mol. The van der Waals surface area contributed by atoms with Crippen molar-refractivity contribution in [1.29, 1.82) is 0 Å². The molecule has 0 aliphatic carbocycles. The minimum absolute atomic E-state index is 0.209. The molecule has 0 saturated heterocycles. The van der Waals surface area contributed by atoms with Crippen LogP contribution in [0.4, 0.5) is 11.4 Å². The number of methoxy groups -OCH3 is 1. The summed E-state index contributed by atoms with van der Waals surface area (Å²) in [6.07, 6.45) is 3.04. The first-order chi connectivity index (χ1) is 12.9. The molecular formula is C20H21ClN2O4. The van der Waals surface area contributed by atoms with Gasteiger partial charge in [0.15, 0.2) is 11.5 Å². The van der Waals surface area contributed by atoms with Crippen molar-refractivity contribution in [3.05, 3.63) is 53.1 Å². The number of anilines is 2. The van der Waals surface area contributed by atoms with Gasteiger partial charge in [-0.05, 0) is 48.9 Å². The van der Waals surface area contributed by atoms with Crippen LogP contribution in [0.5, 0.6) is 11.5 Å². The second kappa shape index (κ2) is 9.64. The molecule has 27 heavy (non-hydrogen) atoms. The highest BCUT2D eigenvalue weighted by atomic mass is 35.5. The third kappa shape index (κ3) is 6.04. The monoisotopic (exact) mass is 388 g/mol. The van der Waals surface area contributed by atoms with Crippen LogP contribution in [0.25, 0.3) is 6.08 Å². The molecule has 0 aliphatic rings. The van der Waals surface area contributed by atoms with Gasteiger partial charge in [0, 0.05) is 18.7 Å². The van der Waals surface area contributed by atoms with Gasteiger partial charge in [-0.25, -0.2) is 0 Å². The van der Waals surface area contributed by atoms with Crippen LogP contribution in [0, 0.1) is 0 Å². The Balaban J connectivity index is 2.10. The molecule has 0 spiro atoms. The second-order valence-electron chi connectivity index (χ2n) is 5.54. The van der Waals surface area contributed by atoms with E-state index in [2.05, 4.69) is 10.6 Å². The Hall–Kier alpha value is -2.99. The topological polar surface area (TPSA) is 76.7 Å². The van der Waals surface area contributed by atoms with Gasteiger partial charge in [-0.1, -0.05) is 17.7 Å². The van der Waals surface area contributed by atoms with Gasteiger partial charge < -0.3 is 20.1 Å². The van der Waals surface area contributed by atoms with Crippen molar-refractivity contribution in [1.82, 2.24) is 0 Å². The number of nitrogens with one attached hydrogen (secondary N) is 2. The van der Waals surface area contributed by atoms with E-state index in [-0.39, 0.29) is 11.8 Å². The summed E-state index contributed by atoms with van der Waals surface area (Å²) < 4.78 is 10.8. The SMILES string of the molecule is CCOc1ccc(/C=C/C(=O)Nc2cc(NC(C)=O)ccc2Cl)cc1OC. The Morgan fingerprint density at radius 2 is 1.89 bits per heavy atom. The third-order valence-electron chi connectivity index (χ3n) is 3.46. The summed E-state index contributed by atoms with van der Waals surface area (Å²) in [6.45, 7) is 3.83. The predicted octanol–water partition coefficient (Wildman–Crippen LogP) is 4.36. The van der Waals surface area contributed by atoms with Crippen LogP contribution >= 0.6 is 11.6 Å². The van der Waals surface area contributed by atoms with Gasteiger partial charge in [-0.3, -0.25) is 9.59 Å². The number of halogens is 1. The number of amides is 2. The first-order valence-corrected chi connectivity index (χ1v) is 8.67. The molecule has 0 radical (unpaired) electrons. The molecule has 0 heterocycles. The molecule has 7 heteroatoms. The van der Waals surface area contributed by atoms with Crippen molar-refractivity contribution in [3.63, 3.8) is 0 Å². The van der Waals surface area contributed by atoms with Crippen molar-refractivity contribution in [3.8, 4) is 11.5 Å². The molecule has 2 N–H and O–H groups in total. The van der Waals surface area contributed by atoms with E-state index in [0.29, 0.717) is 34.5 Å². The molecular weight excluding hydrogens is 368 g/mol. The highest BCUT2D eigenvalue weighted by Crippen LogP contribution is 2.29. The molecule has 2 amide bonds. The molecule has 0 fully saturated rings. The number of ether oxygens (including phenoxy) is 2. The van der Waals surface area contributed by atoms with E-state index in [9.17, 15) is 9.59 Å². The van der Waals surface area contributed by atoms with Crippen molar-refractivity contribution in [2.75, 3.05) is 24.4 Å². The fraction of sp³-hybridized carbons (Fsp3) is 0.200. The molecule has 6 nitrogen and oxygen atoms in total. The Morgan fingerprint density at radius 1 is 1.11 bits per heavy atom. The minimum atomic E-state index is -0.357. The lowest BCUT2D eigenvalue weighted by molar-refractivity contribution is -0.114. The highest BCUT2D eigenvalue weighted by molar-refractivity contribution is 6.34. The maximum absolute atomic E-state index is 12.2. The first kappa shape index (κ1) is 20.3. The van der Waals surface area contributed by atoms with Crippen molar-refractivity contribution in [2.45, 2.75) is 13.8 Å². The largest absolute Gasteiger partial charge is 0.493 e. The van der Waals surface area contributed by atoms with Gasteiger partial charge in [0.05, 0.1) is 24.4 Å². The Labute approximate surface area is 163 Å². The van der Waals surface area contributed by atoms with Crippen LogP contribution in [0.15, 0.2) is 42.5 Å². The smallest absolute Gasteiger partial charge is 0.248 e. The van der Waals surface area contributed by atoms with Gasteiger partial charge in [-0.15, -0.1) is 0 Å². The molecule has 2 aromatic carbocycles. The van der Waals surface area contributed by atoms with Crippen molar-refractivity contribution >= 4 is 40.9 Å². The van der Waals surface area contributed by atoms with Crippen LogP contribution in [0.1, 0.15) is 19.4 Å². The van der Waals surface area contributed by atoms with E-state index >= 15 is 0 Å². The van der Waals surface area contributed by atoms with Gasteiger partial charge >= 0.3 is 0 Å². The maximum atomic E-state index is 12.2. The lowest BCUT2D eigenvalue weighted by Crippen LogP contribution is -2.10. The van der Waals surface area contributed by atoms with Gasteiger partial charge in [0.2, 0.25) is 11.8 Å². The van der Waals surface area contributed by atoms with Crippen molar-refractivity contribution in [2.24, 2.45) is 0 Å². The number of benzene rings is 2. The zero-order valence-corrected chi connectivity index (χ0v) is 16.1. The van der Waals surface area contributed by atoms with Crippen molar-refractivity contribution < 1.29 is 19.1 Å². The van der Waals surface area contributed by atoms with Gasteiger partial charge in [0.25, 0.3) is 0 Å². The summed E-state index contributed by atoms with van der Waals surface area (Å²) in [4.78, 5) is 23.3. The van der Waals surface area contributed by atoms with Crippen LogP contribution in [0.3, 0.4) is 0 Å². The standard InChI is InChI=1S/C20H21ClN2O4/c1-4-27-18-9-5-14(11-19(18)26-3)6-10-20(25)23-17-12-15(22-13(2)24)7-8-16(17)21/h5-12H,4H2,1-3H3,(H,22,24)(H,23,25)/b10-6+. The average Bonchev–Trinajstić information content (AvgIpc) is 2.63. The average molecular weight is 389 g/mol. The fourth-order valence-electron chi connectivity index (χ4n) is 2.31. The van der Waals surface area contributed by atoms with Crippen LogP contribution < -0.4 is 20.1 Å². The molecule has 0 atom stereocenters. The number of carbonyl (C=O) groups is 2. The number of rotatable bonds is 7. The number of hydrogen-bond acceptors (Lipinski definition) is 4. The minimum Gasteiger partial charge on any atom is -0.493 e. The van der Waals surface area contributed by atoms with Gasteiger partial charge in [-0.2, -0.15) is 0 Å². The van der Waals surface area contributed by atoms with E-state index in [1.165, 1.54) is 13.0 Å². The van der Waals surface area contributed by atoms with Crippen LogP contribution in [-0.2, 0) is 9.59 Å². The zero-order chi connectivity index (χ0) is 19.8. The van der Waals surface area contributed by atoms with E-state index < -0.39 is 0 Å². The normalized spacial score (nSPS) is 10.5. The summed E-state index contributed by atoms with van der Waals surface area (Å²) in [7, 11) is 1.56. The van der Waals surface area contributed by atoms with E-state index in [4.69, 9.17) is 21.1 Å². The molecule has 142 valence electrons. The maximum Gasteiger partial charge on any atom is 0.248 e. The highest BCUT2D eigenvalue weighted by Gasteiger charge is 2.07. The van der Waals surface area contributed by atoms with E-state index in [0.717, 1.165) is 5.56 Å². The summed E-state index contributed by atoms with van der Waals surface area (Å²) in [5, 5.41) is 5.70. The molecule has 0 unspecified atom stereocenters. The Morgan fingerprint density at radius 3 is 2.56 bits per heavy atom. The Bertz CT molecular complexity index is 865.